The number of anilines is 1. The highest BCUT2D eigenvalue weighted by atomic mass is 16.6. The van der Waals surface area contributed by atoms with Crippen molar-refractivity contribution in [3.63, 3.8) is 0 Å². The Morgan fingerprint density at radius 2 is 2.11 bits per heavy atom. The van der Waals surface area contributed by atoms with Gasteiger partial charge in [0.05, 0.1) is 18.2 Å². The number of esters is 1. The van der Waals surface area contributed by atoms with E-state index in [-0.39, 0.29) is 31.2 Å². The molecule has 3 aromatic rings. The number of nitrogens with one attached hydrogen (secondary N) is 1. The summed E-state index contributed by atoms with van der Waals surface area (Å²) in [5, 5.41) is 7.41. The van der Waals surface area contributed by atoms with E-state index in [2.05, 4.69) is 15.4 Å². The van der Waals surface area contributed by atoms with Crippen molar-refractivity contribution < 1.29 is 14.3 Å². The van der Waals surface area contributed by atoms with Crippen LogP contribution >= 0.6 is 0 Å². The van der Waals surface area contributed by atoms with Crippen LogP contribution in [0.5, 0.6) is 0 Å². The van der Waals surface area contributed by atoms with Crippen LogP contribution in [-0.2, 0) is 20.7 Å². The molecular formula is C20H22N4O3. The van der Waals surface area contributed by atoms with Gasteiger partial charge in [-0.05, 0) is 30.5 Å². The lowest BCUT2D eigenvalue weighted by Gasteiger charge is -2.14. The third-order valence-electron chi connectivity index (χ3n) is 4.78. The van der Waals surface area contributed by atoms with E-state index in [1.807, 2.05) is 54.0 Å². The van der Waals surface area contributed by atoms with E-state index < -0.39 is 0 Å². The normalized spacial score (nSPS) is 19.3. The van der Waals surface area contributed by atoms with E-state index in [0.717, 1.165) is 35.4 Å². The lowest BCUT2D eigenvalue weighted by Crippen LogP contribution is -2.19. The second-order valence-corrected chi connectivity index (χ2v) is 6.58. The molecule has 1 aromatic carbocycles. The number of benzene rings is 1. The Balaban J connectivity index is 1.35. The first-order chi connectivity index (χ1) is 13.2. The first-order valence-electron chi connectivity index (χ1n) is 9.10. The molecule has 0 bridgehead atoms. The van der Waals surface area contributed by atoms with Crippen LogP contribution in [0.3, 0.4) is 0 Å². The van der Waals surface area contributed by atoms with Crippen LogP contribution in [0.15, 0.2) is 48.8 Å². The van der Waals surface area contributed by atoms with Gasteiger partial charge in [0.25, 0.3) is 0 Å². The van der Waals surface area contributed by atoms with Crippen LogP contribution in [0.1, 0.15) is 30.2 Å². The van der Waals surface area contributed by atoms with Gasteiger partial charge in [-0.15, -0.1) is 0 Å². The maximum Gasteiger partial charge on any atom is 0.310 e. The Kier molecular flexibility index (Phi) is 5.02. The number of hydrogen-bond acceptors (Lipinski definition) is 6. The van der Waals surface area contributed by atoms with E-state index in [9.17, 15) is 4.79 Å². The Labute approximate surface area is 157 Å². The number of aromatic nitrogens is 3. The molecule has 7 nitrogen and oxygen atoms in total. The van der Waals surface area contributed by atoms with Gasteiger partial charge >= 0.3 is 5.97 Å². The van der Waals surface area contributed by atoms with Crippen LogP contribution < -0.4 is 5.32 Å². The fraction of sp³-hybridized carbons (Fsp3) is 0.350. The van der Waals surface area contributed by atoms with Crippen molar-refractivity contribution in [1.82, 2.24) is 14.6 Å². The average molecular weight is 366 g/mol. The standard InChI is InChI=1S/C20H22N4O3/c1-21-20-17-9-8-16(24(17)23-13-22-20)18-10-7-15(27-18)12-26-19(25)11-14-5-3-2-4-6-14/h2-6,8-9,13,15,18H,7,10-12H2,1H3,(H,21,22,23). The third kappa shape index (κ3) is 3.78. The molecule has 1 aliphatic rings. The van der Waals surface area contributed by atoms with Crippen molar-refractivity contribution >= 4 is 17.3 Å². The molecule has 140 valence electrons. The number of fused-ring (bicyclic) bond motifs is 1. The Morgan fingerprint density at radius 3 is 2.93 bits per heavy atom. The zero-order valence-electron chi connectivity index (χ0n) is 15.2. The van der Waals surface area contributed by atoms with Crippen molar-refractivity contribution in [2.24, 2.45) is 0 Å². The molecule has 2 aromatic heterocycles. The zero-order valence-corrected chi connectivity index (χ0v) is 15.2. The fourth-order valence-electron chi connectivity index (χ4n) is 3.44. The number of rotatable bonds is 6. The minimum Gasteiger partial charge on any atom is -0.463 e. The second-order valence-electron chi connectivity index (χ2n) is 6.58. The van der Waals surface area contributed by atoms with Gasteiger partial charge in [-0.2, -0.15) is 5.10 Å². The van der Waals surface area contributed by atoms with Gasteiger partial charge in [-0.1, -0.05) is 30.3 Å². The van der Waals surface area contributed by atoms with Crippen LogP contribution in [0, 0.1) is 0 Å². The van der Waals surface area contributed by atoms with Gasteiger partial charge in [0.15, 0.2) is 5.82 Å². The van der Waals surface area contributed by atoms with E-state index in [0.29, 0.717) is 0 Å². The Bertz CT molecular complexity index is 925. The quantitative estimate of drug-likeness (QED) is 0.676. The molecule has 1 saturated heterocycles. The third-order valence-corrected chi connectivity index (χ3v) is 4.78. The first kappa shape index (κ1) is 17.5. The average Bonchev–Trinajstić information content (AvgIpc) is 3.33. The van der Waals surface area contributed by atoms with Gasteiger partial charge in [0.1, 0.15) is 24.6 Å². The predicted octanol–water partition coefficient (Wildman–Crippen LogP) is 2.78. The Morgan fingerprint density at radius 1 is 1.26 bits per heavy atom. The largest absolute Gasteiger partial charge is 0.463 e. The number of carbonyl (C=O) groups is 1. The van der Waals surface area contributed by atoms with Gasteiger partial charge in [-0.25, -0.2) is 9.50 Å². The molecule has 0 saturated carbocycles. The zero-order chi connectivity index (χ0) is 18.6. The lowest BCUT2D eigenvalue weighted by molar-refractivity contribution is -0.146. The molecule has 0 radical (unpaired) electrons. The number of nitrogens with zero attached hydrogens (tertiary/aromatic N) is 3. The fourth-order valence-corrected chi connectivity index (χ4v) is 3.44. The second kappa shape index (κ2) is 7.75. The molecule has 0 amide bonds. The molecule has 0 aliphatic carbocycles. The SMILES string of the molecule is CNc1ncnn2c(C3CCC(COC(=O)Cc4ccccc4)O3)ccc12. The lowest BCUT2D eigenvalue weighted by atomic mass is 10.1. The highest BCUT2D eigenvalue weighted by Crippen LogP contribution is 2.34. The van der Waals surface area contributed by atoms with Gasteiger partial charge in [-0.3, -0.25) is 4.79 Å². The van der Waals surface area contributed by atoms with Crippen LogP contribution in [0.25, 0.3) is 5.52 Å². The topological polar surface area (TPSA) is 77.8 Å². The molecule has 2 unspecified atom stereocenters. The number of hydrogen-bond donors (Lipinski definition) is 1. The summed E-state index contributed by atoms with van der Waals surface area (Å²) in [6.45, 7) is 0.280. The molecule has 27 heavy (non-hydrogen) atoms. The smallest absolute Gasteiger partial charge is 0.310 e. The molecule has 0 spiro atoms. The minimum absolute atomic E-state index is 0.0649. The molecular weight excluding hydrogens is 344 g/mol. The maximum atomic E-state index is 12.0. The van der Waals surface area contributed by atoms with Crippen LogP contribution in [-0.4, -0.2) is 40.3 Å². The number of carbonyl (C=O) groups excluding carboxylic acids is 1. The summed E-state index contributed by atoms with van der Waals surface area (Å²) < 4.78 is 13.4. The first-order valence-corrected chi connectivity index (χ1v) is 9.10. The molecule has 1 fully saturated rings. The van der Waals surface area contributed by atoms with Crippen molar-refractivity contribution in [2.45, 2.75) is 31.5 Å². The van der Waals surface area contributed by atoms with Gasteiger partial charge in [0, 0.05) is 7.05 Å². The van der Waals surface area contributed by atoms with E-state index in [1.165, 1.54) is 6.33 Å². The molecule has 1 aliphatic heterocycles. The summed E-state index contributed by atoms with van der Waals surface area (Å²) in [4.78, 5) is 16.2. The molecule has 4 rings (SSSR count). The summed E-state index contributed by atoms with van der Waals surface area (Å²) in [5.74, 6) is 0.549. The minimum atomic E-state index is -0.229. The molecule has 7 heteroatoms. The summed E-state index contributed by atoms with van der Waals surface area (Å²) in [6, 6.07) is 13.6. The number of ether oxygens (including phenoxy) is 2. The highest BCUT2D eigenvalue weighted by Gasteiger charge is 2.29. The maximum absolute atomic E-state index is 12.0. The predicted molar refractivity (Wildman–Crippen MR) is 100 cm³/mol. The van der Waals surface area contributed by atoms with E-state index in [4.69, 9.17) is 9.47 Å². The molecule has 3 heterocycles. The van der Waals surface area contributed by atoms with Gasteiger partial charge in [0.2, 0.25) is 0 Å². The van der Waals surface area contributed by atoms with Crippen molar-refractivity contribution in [1.29, 1.82) is 0 Å². The summed E-state index contributed by atoms with van der Waals surface area (Å²) in [7, 11) is 1.83. The van der Waals surface area contributed by atoms with E-state index in [1.54, 1.807) is 0 Å². The summed E-state index contributed by atoms with van der Waals surface area (Å²) >= 11 is 0. The van der Waals surface area contributed by atoms with Crippen LogP contribution in [0.2, 0.25) is 0 Å². The van der Waals surface area contributed by atoms with E-state index >= 15 is 0 Å². The molecule has 2 atom stereocenters. The molecule has 1 N–H and O–H groups in total. The summed E-state index contributed by atoms with van der Waals surface area (Å²) in [6.07, 6.45) is 3.37. The van der Waals surface area contributed by atoms with Crippen molar-refractivity contribution in [3.05, 3.63) is 60.0 Å². The Hall–Kier alpha value is -2.93. The van der Waals surface area contributed by atoms with Crippen molar-refractivity contribution in [3.8, 4) is 0 Å². The monoisotopic (exact) mass is 366 g/mol. The van der Waals surface area contributed by atoms with Crippen LogP contribution in [0.4, 0.5) is 5.82 Å². The highest BCUT2D eigenvalue weighted by molar-refractivity contribution is 5.72. The summed E-state index contributed by atoms with van der Waals surface area (Å²) in [5.41, 5.74) is 2.85. The van der Waals surface area contributed by atoms with Gasteiger partial charge < -0.3 is 14.8 Å². The van der Waals surface area contributed by atoms with Crippen molar-refractivity contribution in [2.75, 3.05) is 19.0 Å².